The topological polar surface area (TPSA) is 107 Å². The molecule has 1 aromatic heterocycles. The van der Waals surface area contributed by atoms with Crippen LogP contribution in [0.5, 0.6) is 0 Å². The number of nitrogens with zero attached hydrogens (tertiary/aromatic N) is 4. The van der Waals surface area contributed by atoms with E-state index in [9.17, 15) is 18.0 Å². The second-order valence-corrected chi connectivity index (χ2v) is 11.2. The minimum atomic E-state index is -3.58. The van der Waals surface area contributed by atoms with Gasteiger partial charge >= 0.3 is 0 Å². The average Bonchev–Trinajstić information content (AvgIpc) is 2.66. The number of likely N-dealkylation sites (tertiary alicyclic amines) is 1. The number of amides is 1. The van der Waals surface area contributed by atoms with Gasteiger partial charge in [0.1, 0.15) is 5.82 Å². The predicted molar refractivity (Wildman–Crippen MR) is 110 cm³/mol. The van der Waals surface area contributed by atoms with Gasteiger partial charge in [0.25, 0.3) is 15.8 Å². The van der Waals surface area contributed by atoms with Crippen LogP contribution in [0.2, 0.25) is 0 Å². The molecular formula is C19H31N5O4S. The van der Waals surface area contributed by atoms with Crippen molar-refractivity contribution in [1.82, 2.24) is 23.5 Å². The van der Waals surface area contributed by atoms with Gasteiger partial charge in [-0.25, -0.2) is 4.98 Å². The zero-order valence-electron chi connectivity index (χ0n) is 17.9. The number of piperidine rings is 1. The summed E-state index contributed by atoms with van der Waals surface area (Å²) in [5.41, 5.74) is 0.333. The number of aromatic nitrogens is 2. The van der Waals surface area contributed by atoms with Crippen LogP contribution in [0.4, 0.5) is 0 Å². The van der Waals surface area contributed by atoms with Crippen LogP contribution in [0.25, 0.3) is 0 Å². The van der Waals surface area contributed by atoms with E-state index in [1.807, 2.05) is 25.7 Å². The maximum atomic E-state index is 12.7. The number of carbonyl (C=O) groups excluding carboxylic acids is 1. The van der Waals surface area contributed by atoms with E-state index in [1.54, 1.807) is 0 Å². The van der Waals surface area contributed by atoms with Crippen molar-refractivity contribution >= 4 is 16.1 Å². The molecule has 9 nitrogen and oxygen atoms in total. The molecule has 10 heteroatoms. The number of carbonyl (C=O) groups is 1. The molecule has 0 aliphatic carbocycles. The lowest BCUT2D eigenvalue weighted by atomic mass is 9.90. The lowest BCUT2D eigenvalue weighted by molar-refractivity contribution is -0.140. The number of hydrogen-bond acceptors (Lipinski definition) is 5. The van der Waals surface area contributed by atoms with E-state index >= 15 is 0 Å². The second-order valence-electron chi connectivity index (χ2n) is 9.09. The Hall–Kier alpha value is -1.78. The molecule has 3 rings (SSSR count). The van der Waals surface area contributed by atoms with E-state index in [0.29, 0.717) is 36.6 Å². The number of aromatic amines is 1. The molecule has 29 heavy (non-hydrogen) atoms. The fourth-order valence-electron chi connectivity index (χ4n) is 3.90. The molecule has 2 aliphatic rings. The Morgan fingerprint density at radius 2 is 1.93 bits per heavy atom. The summed E-state index contributed by atoms with van der Waals surface area (Å²) in [6, 6.07) is 0. The van der Waals surface area contributed by atoms with Crippen molar-refractivity contribution in [3.8, 4) is 0 Å². The fourth-order valence-corrected chi connectivity index (χ4v) is 4.98. The highest BCUT2D eigenvalue weighted by Gasteiger charge is 2.34. The Kier molecular flexibility index (Phi) is 5.90. The first kappa shape index (κ1) is 21.9. The van der Waals surface area contributed by atoms with Gasteiger partial charge in [0.15, 0.2) is 0 Å². The van der Waals surface area contributed by atoms with Crippen molar-refractivity contribution in [3.05, 3.63) is 27.4 Å². The smallest absolute Gasteiger partial charge is 0.281 e. The van der Waals surface area contributed by atoms with E-state index in [0.717, 1.165) is 23.7 Å². The zero-order valence-corrected chi connectivity index (χ0v) is 18.7. The van der Waals surface area contributed by atoms with Crippen LogP contribution in [0.1, 0.15) is 56.6 Å². The van der Waals surface area contributed by atoms with Crippen LogP contribution < -0.4 is 5.56 Å². The van der Waals surface area contributed by atoms with Crippen LogP contribution >= 0.6 is 0 Å². The number of hydrogen-bond donors (Lipinski definition) is 1. The Labute approximate surface area is 172 Å². The third kappa shape index (κ3) is 4.39. The van der Waals surface area contributed by atoms with Gasteiger partial charge in [-0.2, -0.15) is 17.0 Å². The molecule has 0 aromatic carbocycles. The normalized spacial score (nSPS) is 21.3. The van der Waals surface area contributed by atoms with E-state index in [2.05, 4.69) is 9.97 Å². The van der Waals surface area contributed by atoms with Gasteiger partial charge in [-0.1, -0.05) is 20.8 Å². The lowest BCUT2D eigenvalue weighted by Gasteiger charge is -2.36. The molecule has 1 aromatic rings. The summed E-state index contributed by atoms with van der Waals surface area (Å²) < 4.78 is 27.2. The summed E-state index contributed by atoms with van der Waals surface area (Å²) in [5, 5.41) is 0. The van der Waals surface area contributed by atoms with Crippen LogP contribution in [0.15, 0.2) is 4.79 Å². The maximum absolute atomic E-state index is 12.7. The highest BCUT2D eigenvalue weighted by atomic mass is 32.2. The first-order valence-electron chi connectivity index (χ1n) is 10.00. The van der Waals surface area contributed by atoms with E-state index in [1.165, 1.54) is 18.4 Å². The van der Waals surface area contributed by atoms with Gasteiger partial charge in [-0.15, -0.1) is 0 Å². The SMILES string of the molecule is CN(C)S(=O)(=O)N1CCc2nc([C@H]3CCCN(C(=O)C(C)(C)C)C3)[nH]c(=O)c2C1. The fraction of sp³-hybridized carbons (Fsp3) is 0.737. The van der Waals surface area contributed by atoms with Gasteiger partial charge in [0.2, 0.25) is 5.91 Å². The van der Waals surface area contributed by atoms with E-state index in [-0.39, 0.29) is 23.9 Å². The van der Waals surface area contributed by atoms with Gasteiger partial charge in [-0.05, 0) is 12.8 Å². The summed E-state index contributed by atoms with van der Waals surface area (Å²) in [6.07, 6.45) is 2.12. The molecule has 162 valence electrons. The standard InChI is InChI=1S/C19H31N5O4S/c1-19(2,3)18(26)23-9-6-7-13(11-23)16-20-15-8-10-24(29(27,28)22(4)5)12-14(15)17(25)21-16/h13H,6-12H2,1-5H3,(H,20,21,25)/t13-/m0/s1. The summed E-state index contributed by atoms with van der Waals surface area (Å²) in [4.78, 5) is 34.8. The van der Waals surface area contributed by atoms with Gasteiger partial charge in [0, 0.05) is 58.0 Å². The molecule has 1 N–H and O–H groups in total. The highest BCUT2D eigenvalue weighted by Crippen LogP contribution is 2.28. The van der Waals surface area contributed by atoms with Crippen molar-refractivity contribution in [2.45, 2.75) is 52.5 Å². The van der Waals surface area contributed by atoms with Crippen molar-refractivity contribution in [1.29, 1.82) is 0 Å². The maximum Gasteiger partial charge on any atom is 0.281 e. The van der Waals surface area contributed by atoms with Crippen molar-refractivity contribution in [2.24, 2.45) is 5.41 Å². The average molecular weight is 426 g/mol. The first-order valence-corrected chi connectivity index (χ1v) is 11.4. The third-order valence-corrected chi connectivity index (χ3v) is 7.46. The molecule has 1 saturated heterocycles. The summed E-state index contributed by atoms with van der Waals surface area (Å²) in [6.45, 7) is 7.31. The predicted octanol–water partition coefficient (Wildman–Crippen LogP) is 0.687. The molecule has 0 spiro atoms. The summed E-state index contributed by atoms with van der Waals surface area (Å²) in [5.74, 6) is 0.688. The van der Waals surface area contributed by atoms with Crippen LogP contribution in [-0.4, -0.2) is 71.5 Å². The first-order chi connectivity index (χ1) is 13.4. The molecule has 1 atom stereocenters. The van der Waals surface area contributed by atoms with Gasteiger partial charge in [0.05, 0.1) is 11.3 Å². The van der Waals surface area contributed by atoms with Crippen LogP contribution in [0.3, 0.4) is 0 Å². The number of H-pyrrole nitrogens is 1. The number of fused-ring (bicyclic) bond motifs is 1. The minimum absolute atomic E-state index is 0.0170. The minimum Gasteiger partial charge on any atom is -0.342 e. The molecule has 3 heterocycles. The van der Waals surface area contributed by atoms with Crippen LogP contribution in [-0.2, 0) is 28.0 Å². The summed E-state index contributed by atoms with van der Waals surface area (Å²) in [7, 11) is -0.626. The zero-order chi connectivity index (χ0) is 21.6. The molecule has 0 saturated carbocycles. The van der Waals surface area contributed by atoms with Crippen molar-refractivity contribution < 1.29 is 13.2 Å². The largest absolute Gasteiger partial charge is 0.342 e. The third-order valence-electron chi connectivity index (χ3n) is 5.58. The van der Waals surface area contributed by atoms with Crippen molar-refractivity contribution in [2.75, 3.05) is 33.7 Å². The molecule has 0 unspecified atom stereocenters. The van der Waals surface area contributed by atoms with E-state index in [4.69, 9.17) is 0 Å². The van der Waals surface area contributed by atoms with Gasteiger partial charge in [-0.3, -0.25) is 9.59 Å². The quantitative estimate of drug-likeness (QED) is 0.767. The molecule has 0 bridgehead atoms. The summed E-state index contributed by atoms with van der Waals surface area (Å²) >= 11 is 0. The Morgan fingerprint density at radius 1 is 1.24 bits per heavy atom. The Bertz CT molecular complexity index is 948. The second kappa shape index (κ2) is 7.81. The Morgan fingerprint density at radius 3 is 2.55 bits per heavy atom. The molecule has 2 aliphatic heterocycles. The molecule has 1 amide bonds. The molecule has 1 fully saturated rings. The van der Waals surface area contributed by atoms with Crippen LogP contribution in [0, 0.1) is 5.41 Å². The monoisotopic (exact) mass is 425 g/mol. The van der Waals surface area contributed by atoms with Gasteiger partial charge < -0.3 is 9.88 Å². The van der Waals surface area contributed by atoms with Crippen molar-refractivity contribution in [3.63, 3.8) is 0 Å². The number of rotatable bonds is 3. The highest BCUT2D eigenvalue weighted by molar-refractivity contribution is 7.86. The lowest BCUT2D eigenvalue weighted by Crippen LogP contribution is -2.46. The number of nitrogens with one attached hydrogen (secondary N) is 1. The van der Waals surface area contributed by atoms with E-state index < -0.39 is 15.6 Å². The molecule has 0 radical (unpaired) electrons. The Balaban J connectivity index is 1.83. The molecular weight excluding hydrogens is 394 g/mol.